The van der Waals surface area contributed by atoms with E-state index in [0.717, 1.165) is 12.3 Å². The molecule has 1 rings (SSSR count). The van der Waals surface area contributed by atoms with E-state index in [1.165, 1.54) is 0 Å². The molecule has 0 aromatic carbocycles. The van der Waals surface area contributed by atoms with Gasteiger partial charge in [-0.05, 0) is 25.1 Å². The number of rotatable bonds is 5. The topological polar surface area (TPSA) is 45.4 Å². The fraction of sp³-hybridized carbons (Fsp3) is 0.556. The molecule has 0 amide bonds. The van der Waals surface area contributed by atoms with E-state index in [0.29, 0.717) is 6.42 Å². The molecule has 68 valence electrons. The normalized spacial score (nSPS) is 13.2. The Labute approximate surface area is 72.4 Å². The lowest BCUT2D eigenvalue weighted by Crippen LogP contribution is -2.21. The number of hydrogen-bond donors (Lipinski definition) is 2. The first kappa shape index (κ1) is 9.29. The van der Waals surface area contributed by atoms with Crippen LogP contribution in [0.15, 0.2) is 22.8 Å². The van der Waals surface area contributed by atoms with Crippen molar-refractivity contribution in [2.75, 3.05) is 13.2 Å². The highest BCUT2D eigenvalue weighted by molar-refractivity contribution is 5.04. The molecule has 3 heteroatoms. The van der Waals surface area contributed by atoms with Crippen LogP contribution < -0.4 is 5.32 Å². The maximum Gasteiger partial charge on any atom is 0.120 e. The van der Waals surface area contributed by atoms with Crippen molar-refractivity contribution in [2.45, 2.75) is 19.4 Å². The van der Waals surface area contributed by atoms with Crippen molar-refractivity contribution in [3.8, 4) is 0 Å². The maximum atomic E-state index is 8.78. The molecule has 0 radical (unpaired) electrons. The highest BCUT2D eigenvalue weighted by atomic mass is 16.3. The van der Waals surface area contributed by atoms with Crippen LogP contribution in [0, 0.1) is 0 Å². The van der Waals surface area contributed by atoms with E-state index < -0.39 is 0 Å². The van der Waals surface area contributed by atoms with Gasteiger partial charge in [-0.2, -0.15) is 0 Å². The van der Waals surface area contributed by atoms with Crippen molar-refractivity contribution in [3.63, 3.8) is 0 Å². The Morgan fingerprint density at radius 1 is 1.67 bits per heavy atom. The minimum Gasteiger partial charge on any atom is -0.468 e. The van der Waals surface area contributed by atoms with Gasteiger partial charge in [0.15, 0.2) is 0 Å². The van der Waals surface area contributed by atoms with Crippen LogP contribution in [0.1, 0.15) is 25.1 Å². The van der Waals surface area contributed by atoms with Gasteiger partial charge in [-0.1, -0.05) is 6.92 Å². The standard InChI is InChI=1S/C9H15NO2/c1-2-10-8(5-6-11)9-4-3-7-12-9/h3-4,7-8,10-11H,2,5-6H2,1H3. The van der Waals surface area contributed by atoms with Crippen LogP contribution in [-0.4, -0.2) is 18.3 Å². The van der Waals surface area contributed by atoms with Crippen LogP contribution >= 0.6 is 0 Å². The summed E-state index contributed by atoms with van der Waals surface area (Å²) in [7, 11) is 0. The number of nitrogens with one attached hydrogen (secondary N) is 1. The predicted molar refractivity (Wildman–Crippen MR) is 46.8 cm³/mol. The lowest BCUT2D eigenvalue weighted by Gasteiger charge is -2.13. The third-order valence-electron chi connectivity index (χ3n) is 1.75. The van der Waals surface area contributed by atoms with E-state index in [1.807, 2.05) is 19.1 Å². The summed E-state index contributed by atoms with van der Waals surface area (Å²) in [4.78, 5) is 0. The van der Waals surface area contributed by atoms with Gasteiger partial charge in [-0.15, -0.1) is 0 Å². The lowest BCUT2D eigenvalue weighted by molar-refractivity contribution is 0.255. The van der Waals surface area contributed by atoms with Crippen LogP contribution in [0.4, 0.5) is 0 Å². The number of hydrogen-bond acceptors (Lipinski definition) is 3. The van der Waals surface area contributed by atoms with Gasteiger partial charge in [0.2, 0.25) is 0 Å². The molecule has 0 aliphatic rings. The zero-order valence-electron chi connectivity index (χ0n) is 7.29. The Morgan fingerprint density at radius 3 is 3.00 bits per heavy atom. The molecule has 1 unspecified atom stereocenters. The number of aliphatic hydroxyl groups is 1. The predicted octanol–water partition coefficient (Wildman–Crippen LogP) is 1.31. The summed E-state index contributed by atoms with van der Waals surface area (Å²) in [6, 6.07) is 3.93. The molecule has 2 N–H and O–H groups in total. The Hall–Kier alpha value is -0.800. The summed E-state index contributed by atoms with van der Waals surface area (Å²) >= 11 is 0. The van der Waals surface area contributed by atoms with E-state index in [1.54, 1.807) is 6.26 Å². The summed E-state index contributed by atoms with van der Waals surface area (Å²) < 4.78 is 5.23. The van der Waals surface area contributed by atoms with Crippen LogP contribution in [0.2, 0.25) is 0 Å². The van der Waals surface area contributed by atoms with E-state index in [2.05, 4.69) is 5.32 Å². The molecule has 0 aliphatic carbocycles. The van der Waals surface area contributed by atoms with Crippen molar-refractivity contribution >= 4 is 0 Å². The van der Waals surface area contributed by atoms with E-state index in [-0.39, 0.29) is 12.6 Å². The molecule has 0 saturated carbocycles. The summed E-state index contributed by atoms with van der Waals surface area (Å²) in [5.41, 5.74) is 0. The van der Waals surface area contributed by atoms with Crippen LogP contribution in [0.3, 0.4) is 0 Å². The second-order valence-corrected chi connectivity index (χ2v) is 2.64. The minimum atomic E-state index is 0.148. The molecular formula is C9H15NO2. The highest BCUT2D eigenvalue weighted by Gasteiger charge is 2.11. The van der Waals surface area contributed by atoms with Crippen molar-refractivity contribution in [1.82, 2.24) is 5.32 Å². The average molecular weight is 169 g/mol. The van der Waals surface area contributed by atoms with E-state index in [4.69, 9.17) is 9.52 Å². The van der Waals surface area contributed by atoms with Crippen molar-refractivity contribution in [2.24, 2.45) is 0 Å². The quantitative estimate of drug-likeness (QED) is 0.698. The first-order chi connectivity index (χ1) is 5.88. The van der Waals surface area contributed by atoms with Gasteiger partial charge in [0.25, 0.3) is 0 Å². The zero-order chi connectivity index (χ0) is 8.81. The molecule has 1 aromatic rings. The van der Waals surface area contributed by atoms with Crippen LogP contribution in [0.25, 0.3) is 0 Å². The highest BCUT2D eigenvalue weighted by Crippen LogP contribution is 2.16. The largest absolute Gasteiger partial charge is 0.468 e. The van der Waals surface area contributed by atoms with Crippen LogP contribution in [-0.2, 0) is 0 Å². The average Bonchev–Trinajstić information content (AvgIpc) is 2.56. The monoisotopic (exact) mass is 169 g/mol. The molecule has 0 saturated heterocycles. The van der Waals surface area contributed by atoms with Gasteiger partial charge in [-0.3, -0.25) is 0 Å². The van der Waals surface area contributed by atoms with E-state index >= 15 is 0 Å². The second kappa shape index (κ2) is 4.95. The van der Waals surface area contributed by atoms with Crippen molar-refractivity contribution < 1.29 is 9.52 Å². The summed E-state index contributed by atoms with van der Waals surface area (Å²) in [5, 5.41) is 12.0. The molecule has 3 nitrogen and oxygen atoms in total. The lowest BCUT2D eigenvalue weighted by atomic mass is 10.1. The third kappa shape index (κ3) is 2.36. The molecular weight excluding hydrogens is 154 g/mol. The van der Waals surface area contributed by atoms with Gasteiger partial charge in [0, 0.05) is 6.61 Å². The zero-order valence-corrected chi connectivity index (χ0v) is 7.29. The Morgan fingerprint density at radius 2 is 2.50 bits per heavy atom. The summed E-state index contributed by atoms with van der Waals surface area (Å²) in [6.07, 6.45) is 2.35. The summed E-state index contributed by atoms with van der Waals surface area (Å²) in [6.45, 7) is 3.09. The maximum absolute atomic E-state index is 8.78. The van der Waals surface area contributed by atoms with Gasteiger partial charge in [0.1, 0.15) is 5.76 Å². The van der Waals surface area contributed by atoms with Gasteiger partial charge < -0.3 is 14.8 Å². The smallest absolute Gasteiger partial charge is 0.120 e. The Balaban J connectivity index is 2.53. The van der Waals surface area contributed by atoms with Crippen LogP contribution in [0.5, 0.6) is 0 Å². The molecule has 12 heavy (non-hydrogen) atoms. The molecule has 0 spiro atoms. The Bertz CT molecular complexity index is 190. The number of aliphatic hydroxyl groups excluding tert-OH is 1. The van der Waals surface area contributed by atoms with Gasteiger partial charge in [-0.25, -0.2) is 0 Å². The molecule has 0 aliphatic heterocycles. The second-order valence-electron chi connectivity index (χ2n) is 2.64. The minimum absolute atomic E-state index is 0.148. The molecule has 0 bridgehead atoms. The van der Waals surface area contributed by atoms with Crippen molar-refractivity contribution in [3.05, 3.63) is 24.2 Å². The SMILES string of the molecule is CCNC(CCO)c1ccco1. The first-order valence-corrected chi connectivity index (χ1v) is 4.26. The number of furan rings is 1. The first-order valence-electron chi connectivity index (χ1n) is 4.26. The molecule has 0 fully saturated rings. The fourth-order valence-corrected chi connectivity index (χ4v) is 1.21. The fourth-order valence-electron chi connectivity index (χ4n) is 1.21. The van der Waals surface area contributed by atoms with Gasteiger partial charge in [0.05, 0.1) is 12.3 Å². The van der Waals surface area contributed by atoms with Gasteiger partial charge >= 0.3 is 0 Å². The Kier molecular flexibility index (Phi) is 3.84. The third-order valence-corrected chi connectivity index (χ3v) is 1.75. The molecule has 1 atom stereocenters. The molecule has 1 aromatic heterocycles. The van der Waals surface area contributed by atoms with Crippen molar-refractivity contribution in [1.29, 1.82) is 0 Å². The summed E-state index contributed by atoms with van der Waals surface area (Å²) in [5.74, 6) is 0.894. The van der Waals surface area contributed by atoms with E-state index in [9.17, 15) is 0 Å². The molecule has 1 heterocycles.